The van der Waals surface area contributed by atoms with Crippen LogP contribution in [0, 0.1) is 5.82 Å². The lowest BCUT2D eigenvalue weighted by Gasteiger charge is -2.16. The molecule has 0 radical (unpaired) electrons. The lowest BCUT2D eigenvalue weighted by atomic mass is 9.96. The molecule has 0 spiro atoms. The molecule has 0 atom stereocenters. The standard InChI is InChI=1S/C22H29FN4O/c1-2-24-21(25-13-4-6-15-27-14-5-3-10-20(27)28)26-17-22(11-12-22)18-8-7-9-19(23)16-18/h3,5,7-10,14,16H,2,4,6,11-13,15,17H2,1H3,(H2,24,25,26). The minimum Gasteiger partial charge on any atom is -0.357 e. The maximum atomic E-state index is 13.5. The molecular formula is C22H29FN4O. The van der Waals surface area contributed by atoms with Crippen molar-refractivity contribution in [3.05, 3.63) is 70.4 Å². The first-order valence-electron chi connectivity index (χ1n) is 10.1. The van der Waals surface area contributed by atoms with Crippen molar-refractivity contribution in [1.29, 1.82) is 0 Å². The van der Waals surface area contributed by atoms with Crippen molar-refractivity contribution in [2.75, 3.05) is 19.6 Å². The van der Waals surface area contributed by atoms with Crippen LogP contribution < -0.4 is 16.2 Å². The summed E-state index contributed by atoms with van der Waals surface area (Å²) in [6, 6.07) is 12.1. The van der Waals surface area contributed by atoms with Gasteiger partial charge >= 0.3 is 0 Å². The minimum atomic E-state index is -0.185. The van der Waals surface area contributed by atoms with E-state index in [9.17, 15) is 9.18 Å². The molecule has 5 nitrogen and oxygen atoms in total. The third-order valence-electron chi connectivity index (χ3n) is 5.19. The molecule has 1 saturated carbocycles. The van der Waals surface area contributed by atoms with E-state index in [1.54, 1.807) is 28.8 Å². The Morgan fingerprint density at radius 1 is 1.18 bits per heavy atom. The Morgan fingerprint density at radius 2 is 2.04 bits per heavy atom. The Balaban J connectivity index is 1.48. The number of aliphatic imine (C=N–C) groups is 1. The summed E-state index contributed by atoms with van der Waals surface area (Å²) in [5.41, 5.74) is 1.07. The van der Waals surface area contributed by atoms with E-state index in [4.69, 9.17) is 4.99 Å². The van der Waals surface area contributed by atoms with Crippen molar-refractivity contribution in [2.45, 2.75) is 44.6 Å². The van der Waals surface area contributed by atoms with E-state index >= 15 is 0 Å². The molecule has 1 fully saturated rings. The largest absolute Gasteiger partial charge is 0.357 e. The summed E-state index contributed by atoms with van der Waals surface area (Å²) in [6.07, 6.45) is 5.78. The van der Waals surface area contributed by atoms with E-state index in [1.807, 2.05) is 25.3 Å². The molecule has 1 aliphatic carbocycles. The molecule has 0 bridgehead atoms. The SMILES string of the molecule is CCNC(=NCC1(c2cccc(F)c2)CC1)NCCCCn1ccccc1=O. The number of unbranched alkanes of at least 4 members (excludes halogenated alkanes) is 1. The van der Waals surface area contributed by atoms with Crippen molar-refractivity contribution in [2.24, 2.45) is 4.99 Å². The summed E-state index contributed by atoms with van der Waals surface area (Å²) in [5, 5.41) is 6.64. The zero-order chi connectivity index (χ0) is 19.8. The van der Waals surface area contributed by atoms with Crippen molar-refractivity contribution < 1.29 is 4.39 Å². The van der Waals surface area contributed by atoms with Crippen molar-refractivity contribution in [3.63, 3.8) is 0 Å². The molecule has 1 aromatic heterocycles. The first-order valence-corrected chi connectivity index (χ1v) is 10.1. The Morgan fingerprint density at radius 3 is 2.75 bits per heavy atom. The van der Waals surface area contributed by atoms with Gasteiger partial charge in [-0.15, -0.1) is 0 Å². The van der Waals surface area contributed by atoms with E-state index in [0.717, 1.165) is 56.8 Å². The number of nitrogens with one attached hydrogen (secondary N) is 2. The predicted octanol–water partition coefficient (Wildman–Crippen LogP) is 3.05. The van der Waals surface area contributed by atoms with Gasteiger partial charge in [0.2, 0.25) is 5.56 Å². The molecule has 0 amide bonds. The number of nitrogens with zero attached hydrogens (tertiary/aromatic N) is 2. The molecule has 0 saturated heterocycles. The summed E-state index contributed by atoms with van der Waals surface area (Å²) < 4.78 is 15.3. The third kappa shape index (κ3) is 5.44. The number of aryl methyl sites for hydroxylation is 1. The number of hydrogen-bond acceptors (Lipinski definition) is 2. The molecule has 28 heavy (non-hydrogen) atoms. The van der Waals surface area contributed by atoms with E-state index < -0.39 is 0 Å². The van der Waals surface area contributed by atoms with Crippen LogP contribution in [0.3, 0.4) is 0 Å². The second kappa shape index (κ2) is 9.53. The average molecular weight is 384 g/mol. The van der Waals surface area contributed by atoms with Gasteiger partial charge in [0.25, 0.3) is 0 Å². The van der Waals surface area contributed by atoms with Crippen LogP contribution in [0.4, 0.5) is 4.39 Å². The van der Waals surface area contributed by atoms with Gasteiger partial charge in [0.05, 0.1) is 6.54 Å². The molecule has 1 heterocycles. The number of pyridine rings is 1. The van der Waals surface area contributed by atoms with Crippen LogP contribution >= 0.6 is 0 Å². The van der Waals surface area contributed by atoms with Crippen LogP contribution in [0.2, 0.25) is 0 Å². The third-order valence-corrected chi connectivity index (χ3v) is 5.19. The lowest BCUT2D eigenvalue weighted by Crippen LogP contribution is -2.38. The maximum absolute atomic E-state index is 13.5. The Bertz CT molecular complexity index is 857. The lowest BCUT2D eigenvalue weighted by molar-refractivity contribution is 0.584. The Labute approximate surface area is 165 Å². The quantitative estimate of drug-likeness (QED) is 0.397. The molecule has 2 N–H and O–H groups in total. The summed E-state index contributed by atoms with van der Waals surface area (Å²) in [4.78, 5) is 16.4. The summed E-state index contributed by atoms with van der Waals surface area (Å²) >= 11 is 0. The smallest absolute Gasteiger partial charge is 0.250 e. The molecule has 1 aliphatic rings. The second-order valence-corrected chi connectivity index (χ2v) is 7.35. The number of guanidine groups is 1. The normalized spacial score (nSPS) is 15.3. The molecule has 1 aromatic carbocycles. The number of benzene rings is 1. The van der Waals surface area contributed by atoms with Crippen LogP contribution in [-0.2, 0) is 12.0 Å². The van der Waals surface area contributed by atoms with E-state index in [0.29, 0.717) is 6.54 Å². The second-order valence-electron chi connectivity index (χ2n) is 7.35. The number of rotatable bonds is 9. The Hall–Kier alpha value is -2.63. The fourth-order valence-electron chi connectivity index (χ4n) is 3.34. The first kappa shape index (κ1) is 20.1. The van der Waals surface area contributed by atoms with Gasteiger partial charge in [-0.3, -0.25) is 9.79 Å². The topological polar surface area (TPSA) is 58.4 Å². The van der Waals surface area contributed by atoms with E-state index in [2.05, 4.69) is 10.6 Å². The molecule has 6 heteroatoms. The van der Waals surface area contributed by atoms with Crippen LogP contribution in [0.1, 0.15) is 38.2 Å². The number of halogens is 1. The maximum Gasteiger partial charge on any atom is 0.250 e. The van der Waals surface area contributed by atoms with Gasteiger partial charge in [-0.1, -0.05) is 18.2 Å². The van der Waals surface area contributed by atoms with Crippen LogP contribution in [-0.4, -0.2) is 30.2 Å². The molecule has 3 rings (SSSR count). The highest BCUT2D eigenvalue weighted by atomic mass is 19.1. The molecule has 150 valence electrons. The van der Waals surface area contributed by atoms with Crippen molar-refractivity contribution in [1.82, 2.24) is 15.2 Å². The van der Waals surface area contributed by atoms with Gasteiger partial charge in [0.1, 0.15) is 5.82 Å². The van der Waals surface area contributed by atoms with Crippen LogP contribution in [0.15, 0.2) is 58.4 Å². The predicted molar refractivity (Wildman–Crippen MR) is 111 cm³/mol. The summed E-state index contributed by atoms with van der Waals surface area (Å²) in [5.74, 6) is 0.609. The minimum absolute atomic E-state index is 0.0150. The fraction of sp³-hybridized carbons (Fsp3) is 0.455. The van der Waals surface area contributed by atoms with Crippen molar-refractivity contribution in [3.8, 4) is 0 Å². The highest BCUT2D eigenvalue weighted by Crippen LogP contribution is 2.48. The average Bonchev–Trinajstić information content (AvgIpc) is 3.48. The van der Waals surface area contributed by atoms with Gasteiger partial charge in [-0.05, 0) is 56.4 Å². The van der Waals surface area contributed by atoms with Gasteiger partial charge in [-0.2, -0.15) is 0 Å². The van der Waals surface area contributed by atoms with Gasteiger partial charge in [0.15, 0.2) is 5.96 Å². The fourth-order valence-corrected chi connectivity index (χ4v) is 3.34. The van der Waals surface area contributed by atoms with E-state index in [-0.39, 0.29) is 16.8 Å². The van der Waals surface area contributed by atoms with Gasteiger partial charge in [0, 0.05) is 37.3 Å². The zero-order valence-electron chi connectivity index (χ0n) is 16.5. The molecular weight excluding hydrogens is 355 g/mol. The van der Waals surface area contributed by atoms with Crippen molar-refractivity contribution >= 4 is 5.96 Å². The van der Waals surface area contributed by atoms with Gasteiger partial charge in [-0.25, -0.2) is 4.39 Å². The highest BCUT2D eigenvalue weighted by molar-refractivity contribution is 5.79. The van der Waals surface area contributed by atoms with Crippen LogP contribution in [0.5, 0.6) is 0 Å². The molecule has 0 aliphatic heterocycles. The first-order chi connectivity index (χ1) is 13.6. The summed E-state index contributed by atoms with van der Waals surface area (Å²) in [7, 11) is 0. The molecule has 0 unspecified atom stereocenters. The van der Waals surface area contributed by atoms with E-state index in [1.165, 1.54) is 6.07 Å². The molecule has 2 aromatic rings. The highest BCUT2D eigenvalue weighted by Gasteiger charge is 2.44. The monoisotopic (exact) mass is 384 g/mol. The number of hydrogen-bond donors (Lipinski definition) is 2. The zero-order valence-corrected chi connectivity index (χ0v) is 16.5. The van der Waals surface area contributed by atoms with Crippen LogP contribution in [0.25, 0.3) is 0 Å². The van der Waals surface area contributed by atoms with Gasteiger partial charge < -0.3 is 15.2 Å². The summed E-state index contributed by atoms with van der Waals surface area (Å²) in [6.45, 7) is 5.00. The number of aromatic nitrogens is 1. The Kier molecular flexibility index (Phi) is 6.85.